The molecule has 1 heterocycles. The normalized spacial score (nSPS) is 10.9. The summed E-state index contributed by atoms with van der Waals surface area (Å²) in [6, 6.07) is 16.7. The van der Waals surface area contributed by atoms with Crippen molar-refractivity contribution in [2.24, 2.45) is 0 Å². The zero-order valence-corrected chi connectivity index (χ0v) is 15.3. The van der Waals surface area contributed by atoms with Crippen LogP contribution < -0.4 is 9.64 Å². The first-order chi connectivity index (χ1) is 12.0. The molecule has 25 heavy (non-hydrogen) atoms. The van der Waals surface area contributed by atoms with Gasteiger partial charge in [0, 0.05) is 38.1 Å². The van der Waals surface area contributed by atoms with E-state index >= 15 is 0 Å². The first-order valence-corrected chi connectivity index (χ1v) is 8.56. The fraction of sp³-hybridized carbons (Fsp3) is 0.286. The van der Waals surface area contributed by atoms with Gasteiger partial charge in [-0.05, 0) is 43.7 Å². The van der Waals surface area contributed by atoms with Crippen LogP contribution in [-0.2, 0) is 6.54 Å². The number of imidazole rings is 1. The molecule has 4 heteroatoms. The van der Waals surface area contributed by atoms with Gasteiger partial charge in [0.1, 0.15) is 5.75 Å². The summed E-state index contributed by atoms with van der Waals surface area (Å²) in [7, 11) is 4.09. The first kappa shape index (κ1) is 17.1. The predicted molar refractivity (Wildman–Crippen MR) is 103 cm³/mol. The highest BCUT2D eigenvalue weighted by molar-refractivity contribution is 5.62. The molecule has 0 N–H and O–H groups in total. The number of aromatic nitrogens is 2. The minimum absolute atomic E-state index is 0.195. The van der Waals surface area contributed by atoms with E-state index in [1.807, 2.05) is 46.4 Å². The van der Waals surface area contributed by atoms with Crippen LogP contribution in [0.2, 0.25) is 0 Å². The molecule has 2 aromatic carbocycles. The van der Waals surface area contributed by atoms with Crippen molar-refractivity contribution in [1.82, 2.24) is 9.55 Å². The molecule has 130 valence electrons. The lowest BCUT2D eigenvalue weighted by Gasteiger charge is -2.12. The zero-order valence-electron chi connectivity index (χ0n) is 15.3. The maximum absolute atomic E-state index is 5.69. The van der Waals surface area contributed by atoms with Crippen LogP contribution in [0, 0.1) is 0 Å². The summed E-state index contributed by atoms with van der Waals surface area (Å²) in [6.07, 6.45) is 4.16. The van der Waals surface area contributed by atoms with Crippen molar-refractivity contribution in [3.63, 3.8) is 0 Å². The molecule has 0 amide bonds. The molecule has 3 rings (SSSR count). The van der Waals surface area contributed by atoms with Gasteiger partial charge >= 0.3 is 0 Å². The lowest BCUT2D eigenvalue weighted by molar-refractivity contribution is 0.242. The summed E-state index contributed by atoms with van der Waals surface area (Å²) in [6.45, 7) is 4.86. The second-order valence-corrected chi connectivity index (χ2v) is 6.68. The van der Waals surface area contributed by atoms with Gasteiger partial charge < -0.3 is 14.2 Å². The van der Waals surface area contributed by atoms with E-state index in [1.165, 1.54) is 11.3 Å². The third-order valence-corrected chi connectivity index (χ3v) is 3.97. The highest BCUT2D eigenvalue weighted by atomic mass is 16.5. The maximum Gasteiger partial charge on any atom is 0.119 e. The van der Waals surface area contributed by atoms with E-state index in [9.17, 15) is 0 Å². The van der Waals surface area contributed by atoms with Crippen molar-refractivity contribution < 1.29 is 4.74 Å². The SMILES string of the molecule is CC(C)Oc1ccc(Cn2cnc(-c3ccc(N(C)C)cc3)c2)cc1. The molecular weight excluding hydrogens is 310 g/mol. The zero-order chi connectivity index (χ0) is 17.8. The summed E-state index contributed by atoms with van der Waals surface area (Å²) in [5.41, 5.74) is 4.53. The minimum atomic E-state index is 0.195. The van der Waals surface area contributed by atoms with E-state index in [0.717, 1.165) is 23.6 Å². The Bertz CT molecular complexity index is 802. The summed E-state index contributed by atoms with van der Waals surface area (Å²) in [5, 5.41) is 0. The van der Waals surface area contributed by atoms with Gasteiger partial charge in [-0.2, -0.15) is 0 Å². The van der Waals surface area contributed by atoms with Gasteiger partial charge in [-0.15, -0.1) is 0 Å². The Labute approximate surface area is 149 Å². The van der Waals surface area contributed by atoms with Gasteiger partial charge in [0.25, 0.3) is 0 Å². The molecule has 3 aromatic rings. The molecule has 0 unspecified atom stereocenters. The van der Waals surface area contributed by atoms with Gasteiger partial charge in [0.15, 0.2) is 0 Å². The highest BCUT2D eigenvalue weighted by Crippen LogP contribution is 2.21. The van der Waals surface area contributed by atoms with Crippen molar-refractivity contribution in [3.8, 4) is 17.0 Å². The van der Waals surface area contributed by atoms with Crippen LogP contribution in [0.5, 0.6) is 5.75 Å². The van der Waals surface area contributed by atoms with E-state index in [0.29, 0.717) is 0 Å². The number of hydrogen-bond donors (Lipinski definition) is 0. The molecule has 0 saturated heterocycles. The molecule has 0 aliphatic rings. The molecule has 0 fully saturated rings. The average Bonchev–Trinajstić information content (AvgIpc) is 3.05. The van der Waals surface area contributed by atoms with Crippen LogP contribution in [0.4, 0.5) is 5.69 Å². The lowest BCUT2D eigenvalue weighted by Crippen LogP contribution is -2.07. The van der Waals surface area contributed by atoms with Crippen molar-refractivity contribution >= 4 is 5.69 Å². The quantitative estimate of drug-likeness (QED) is 0.666. The van der Waals surface area contributed by atoms with Crippen LogP contribution in [-0.4, -0.2) is 29.8 Å². The van der Waals surface area contributed by atoms with Crippen molar-refractivity contribution in [2.75, 3.05) is 19.0 Å². The summed E-state index contributed by atoms with van der Waals surface area (Å²) >= 11 is 0. The van der Waals surface area contributed by atoms with Crippen LogP contribution in [0.1, 0.15) is 19.4 Å². The molecule has 0 atom stereocenters. The Balaban J connectivity index is 1.69. The number of ether oxygens (including phenoxy) is 1. The van der Waals surface area contributed by atoms with Crippen molar-refractivity contribution in [3.05, 3.63) is 66.6 Å². The van der Waals surface area contributed by atoms with E-state index in [1.54, 1.807) is 0 Å². The minimum Gasteiger partial charge on any atom is -0.491 e. The summed E-state index contributed by atoms with van der Waals surface area (Å²) in [4.78, 5) is 6.63. The summed E-state index contributed by atoms with van der Waals surface area (Å²) in [5.74, 6) is 0.908. The van der Waals surface area contributed by atoms with E-state index in [4.69, 9.17) is 4.74 Å². The van der Waals surface area contributed by atoms with Crippen LogP contribution in [0.3, 0.4) is 0 Å². The molecule has 0 aliphatic heterocycles. The Hall–Kier alpha value is -2.75. The third-order valence-electron chi connectivity index (χ3n) is 3.97. The van der Waals surface area contributed by atoms with Gasteiger partial charge in [-0.25, -0.2) is 4.98 Å². The van der Waals surface area contributed by atoms with Crippen LogP contribution >= 0.6 is 0 Å². The second-order valence-electron chi connectivity index (χ2n) is 6.68. The second kappa shape index (κ2) is 7.43. The third kappa shape index (κ3) is 4.41. The van der Waals surface area contributed by atoms with E-state index in [-0.39, 0.29) is 6.10 Å². The predicted octanol–water partition coefficient (Wildman–Crippen LogP) is 4.45. The number of rotatable bonds is 6. The highest BCUT2D eigenvalue weighted by Gasteiger charge is 2.04. The Morgan fingerprint density at radius 1 is 1.00 bits per heavy atom. The topological polar surface area (TPSA) is 30.3 Å². The number of benzene rings is 2. The molecule has 4 nitrogen and oxygen atoms in total. The van der Waals surface area contributed by atoms with Crippen LogP contribution in [0.25, 0.3) is 11.3 Å². The molecule has 0 radical (unpaired) electrons. The fourth-order valence-corrected chi connectivity index (χ4v) is 2.68. The Kier molecular flexibility index (Phi) is 5.08. The van der Waals surface area contributed by atoms with E-state index < -0.39 is 0 Å². The smallest absolute Gasteiger partial charge is 0.119 e. The van der Waals surface area contributed by atoms with Crippen LogP contribution in [0.15, 0.2) is 61.1 Å². The summed E-state index contributed by atoms with van der Waals surface area (Å²) < 4.78 is 7.79. The monoisotopic (exact) mass is 335 g/mol. The molecule has 0 saturated carbocycles. The number of nitrogens with zero attached hydrogens (tertiary/aromatic N) is 3. The average molecular weight is 335 g/mol. The number of hydrogen-bond acceptors (Lipinski definition) is 3. The molecule has 0 bridgehead atoms. The number of anilines is 1. The molecule has 0 spiro atoms. The van der Waals surface area contributed by atoms with Gasteiger partial charge in [0.2, 0.25) is 0 Å². The standard InChI is InChI=1S/C21H25N3O/c1-16(2)25-20-11-5-17(6-12-20)13-24-14-21(22-15-24)18-7-9-19(10-8-18)23(3)4/h5-12,14-16H,13H2,1-4H3. The van der Waals surface area contributed by atoms with Crippen molar-refractivity contribution in [1.29, 1.82) is 0 Å². The molecular formula is C21H25N3O. The fourth-order valence-electron chi connectivity index (χ4n) is 2.68. The lowest BCUT2D eigenvalue weighted by atomic mass is 10.1. The van der Waals surface area contributed by atoms with Gasteiger partial charge in [-0.1, -0.05) is 24.3 Å². The largest absolute Gasteiger partial charge is 0.491 e. The van der Waals surface area contributed by atoms with Gasteiger partial charge in [-0.3, -0.25) is 0 Å². The molecule has 0 aliphatic carbocycles. The van der Waals surface area contributed by atoms with E-state index in [2.05, 4.69) is 57.0 Å². The molecule has 1 aromatic heterocycles. The van der Waals surface area contributed by atoms with Gasteiger partial charge in [0.05, 0.1) is 18.1 Å². The first-order valence-electron chi connectivity index (χ1n) is 8.56. The van der Waals surface area contributed by atoms with Crippen molar-refractivity contribution in [2.45, 2.75) is 26.5 Å². The Morgan fingerprint density at radius 3 is 2.28 bits per heavy atom. The Morgan fingerprint density at radius 2 is 1.68 bits per heavy atom. The maximum atomic E-state index is 5.69.